The van der Waals surface area contributed by atoms with Gasteiger partial charge in [-0.2, -0.15) is 0 Å². The standard InChI is InChI=1S/C22H27NO4/c1-4-18(19-11-6-5-7-12-19)14-23-22(25)17(3)27-21(24)15-26-20-13-9-8-10-16(20)2/h5-13,17-18H,4,14-15H2,1-3H3,(H,23,25)/t17-,18+/m1/s1. The van der Waals surface area contributed by atoms with Crippen LogP contribution < -0.4 is 10.1 Å². The molecule has 27 heavy (non-hydrogen) atoms. The second-order valence-corrected chi connectivity index (χ2v) is 6.45. The Kier molecular flexibility index (Phi) is 7.86. The Balaban J connectivity index is 1.77. The third kappa shape index (κ3) is 6.44. The van der Waals surface area contributed by atoms with E-state index >= 15 is 0 Å². The van der Waals surface area contributed by atoms with Gasteiger partial charge < -0.3 is 14.8 Å². The highest BCUT2D eigenvalue weighted by Crippen LogP contribution is 2.18. The minimum atomic E-state index is -0.869. The number of carbonyl (C=O) groups is 2. The molecule has 0 radical (unpaired) electrons. The van der Waals surface area contributed by atoms with Crippen LogP contribution in [0.15, 0.2) is 54.6 Å². The maximum Gasteiger partial charge on any atom is 0.344 e. The van der Waals surface area contributed by atoms with E-state index in [0.29, 0.717) is 12.3 Å². The van der Waals surface area contributed by atoms with Gasteiger partial charge in [0.15, 0.2) is 12.7 Å². The van der Waals surface area contributed by atoms with Gasteiger partial charge in [-0.1, -0.05) is 55.5 Å². The first-order chi connectivity index (χ1) is 13.0. The lowest BCUT2D eigenvalue weighted by atomic mass is 9.96. The second-order valence-electron chi connectivity index (χ2n) is 6.45. The maximum atomic E-state index is 12.2. The summed E-state index contributed by atoms with van der Waals surface area (Å²) < 4.78 is 10.6. The van der Waals surface area contributed by atoms with E-state index in [4.69, 9.17) is 9.47 Å². The Labute approximate surface area is 160 Å². The molecule has 0 saturated heterocycles. The molecule has 0 unspecified atom stereocenters. The molecular formula is C22H27NO4. The summed E-state index contributed by atoms with van der Waals surface area (Å²) in [4.78, 5) is 24.2. The van der Waals surface area contributed by atoms with E-state index in [2.05, 4.69) is 12.2 Å². The summed E-state index contributed by atoms with van der Waals surface area (Å²) >= 11 is 0. The molecule has 0 bridgehead atoms. The molecule has 5 heteroatoms. The van der Waals surface area contributed by atoms with Crippen molar-refractivity contribution in [1.82, 2.24) is 5.32 Å². The van der Waals surface area contributed by atoms with Crippen LogP contribution in [0.3, 0.4) is 0 Å². The quantitative estimate of drug-likeness (QED) is 0.686. The van der Waals surface area contributed by atoms with Crippen molar-refractivity contribution in [3.8, 4) is 5.75 Å². The number of hydrogen-bond acceptors (Lipinski definition) is 4. The van der Waals surface area contributed by atoms with Gasteiger partial charge in [0.2, 0.25) is 0 Å². The van der Waals surface area contributed by atoms with E-state index in [0.717, 1.165) is 12.0 Å². The monoisotopic (exact) mass is 369 g/mol. The van der Waals surface area contributed by atoms with Gasteiger partial charge in [-0.15, -0.1) is 0 Å². The van der Waals surface area contributed by atoms with Gasteiger partial charge in [0.1, 0.15) is 5.75 Å². The summed E-state index contributed by atoms with van der Waals surface area (Å²) in [5.74, 6) is -0.0349. The SMILES string of the molecule is CC[C@@H](CNC(=O)[C@@H](C)OC(=O)COc1ccccc1C)c1ccccc1. The lowest BCUT2D eigenvalue weighted by Gasteiger charge is -2.18. The maximum absolute atomic E-state index is 12.2. The summed E-state index contributed by atoms with van der Waals surface area (Å²) in [6.07, 6.45) is 0.0363. The fourth-order valence-electron chi connectivity index (χ4n) is 2.73. The van der Waals surface area contributed by atoms with Gasteiger partial charge in [0.25, 0.3) is 5.91 Å². The van der Waals surface area contributed by atoms with E-state index in [1.807, 2.05) is 55.5 Å². The van der Waals surface area contributed by atoms with Crippen LogP contribution in [-0.2, 0) is 14.3 Å². The molecule has 0 heterocycles. The van der Waals surface area contributed by atoms with Crippen LogP contribution in [0.5, 0.6) is 5.75 Å². The summed E-state index contributed by atoms with van der Waals surface area (Å²) in [6.45, 7) is 5.80. The smallest absolute Gasteiger partial charge is 0.344 e. The third-order valence-corrected chi connectivity index (χ3v) is 4.40. The lowest BCUT2D eigenvalue weighted by molar-refractivity contribution is -0.156. The highest BCUT2D eigenvalue weighted by atomic mass is 16.6. The number of rotatable bonds is 9. The number of carbonyl (C=O) groups excluding carboxylic acids is 2. The number of hydrogen-bond donors (Lipinski definition) is 1. The van der Waals surface area contributed by atoms with E-state index < -0.39 is 12.1 Å². The Hall–Kier alpha value is -2.82. The van der Waals surface area contributed by atoms with E-state index in [1.165, 1.54) is 5.56 Å². The van der Waals surface area contributed by atoms with Crippen LogP contribution in [0, 0.1) is 6.92 Å². The van der Waals surface area contributed by atoms with Crippen LogP contribution in [0.1, 0.15) is 37.3 Å². The molecule has 0 fully saturated rings. The first kappa shape index (κ1) is 20.5. The van der Waals surface area contributed by atoms with E-state index in [1.54, 1.807) is 13.0 Å². The number of para-hydroxylation sites is 1. The van der Waals surface area contributed by atoms with Crippen molar-refractivity contribution in [2.45, 2.75) is 39.2 Å². The molecular weight excluding hydrogens is 342 g/mol. The Morgan fingerprint density at radius 2 is 1.70 bits per heavy atom. The van der Waals surface area contributed by atoms with Gasteiger partial charge >= 0.3 is 5.97 Å². The minimum Gasteiger partial charge on any atom is -0.482 e. The number of aryl methyl sites for hydroxylation is 1. The normalized spacial score (nSPS) is 12.7. The molecule has 0 aliphatic heterocycles. The molecule has 1 N–H and O–H groups in total. The molecule has 2 aromatic rings. The van der Waals surface area contributed by atoms with Crippen molar-refractivity contribution >= 4 is 11.9 Å². The molecule has 0 spiro atoms. The third-order valence-electron chi connectivity index (χ3n) is 4.40. The van der Waals surface area contributed by atoms with Gasteiger partial charge in [-0.25, -0.2) is 4.79 Å². The zero-order valence-electron chi connectivity index (χ0n) is 16.1. The molecule has 0 saturated carbocycles. The van der Waals surface area contributed by atoms with Crippen LogP contribution in [-0.4, -0.2) is 31.1 Å². The number of nitrogens with one attached hydrogen (secondary N) is 1. The van der Waals surface area contributed by atoms with Crippen LogP contribution >= 0.6 is 0 Å². The topological polar surface area (TPSA) is 64.6 Å². The molecule has 2 aromatic carbocycles. The highest BCUT2D eigenvalue weighted by Gasteiger charge is 2.19. The van der Waals surface area contributed by atoms with Crippen molar-refractivity contribution in [3.05, 3.63) is 65.7 Å². The van der Waals surface area contributed by atoms with Gasteiger partial charge in [-0.3, -0.25) is 4.79 Å². The van der Waals surface area contributed by atoms with Crippen molar-refractivity contribution < 1.29 is 19.1 Å². The van der Waals surface area contributed by atoms with Crippen LogP contribution in [0.4, 0.5) is 0 Å². The second kappa shape index (κ2) is 10.4. The first-order valence-electron chi connectivity index (χ1n) is 9.21. The summed E-state index contributed by atoms with van der Waals surface area (Å²) in [5, 5.41) is 2.86. The zero-order chi connectivity index (χ0) is 19.6. The molecule has 0 aliphatic rings. The van der Waals surface area contributed by atoms with E-state index in [-0.39, 0.29) is 18.4 Å². The molecule has 2 rings (SSSR count). The number of amides is 1. The molecule has 144 valence electrons. The van der Waals surface area contributed by atoms with Gasteiger partial charge in [-0.05, 0) is 37.5 Å². The molecule has 1 amide bonds. The minimum absolute atomic E-state index is 0.224. The van der Waals surface area contributed by atoms with Crippen LogP contribution in [0.25, 0.3) is 0 Å². The highest BCUT2D eigenvalue weighted by molar-refractivity contribution is 5.83. The summed E-state index contributed by atoms with van der Waals surface area (Å²) in [7, 11) is 0. The van der Waals surface area contributed by atoms with Crippen molar-refractivity contribution in [1.29, 1.82) is 0 Å². The first-order valence-corrected chi connectivity index (χ1v) is 9.21. The number of ether oxygens (including phenoxy) is 2. The Bertz CT molecular complexity index is 745. The number of benzene rings is 2. The molecule has 0 aliphatic carbocycles. The van der Waals surface area contributed by atoms with Crippen LogP contribution in [0.2, 0.25) is 0 Å². The molecule has 2 atom stereocenters. The lowest BCUT2D eigenvalue weighted by Crippen LogP contribution is -2.38. The Morgan fingerprint density at radius 1 is 1.04 bits per heavy atom. The average Bonchev–Trinajstić information content (AvgIpc) is 2.68. The predicted molar refractivity (Wildman–Crippen MR) is 105 cm³/mol. The largest absolute Gasteiger partial charge is 0.482 e. The molecule has 5 nitrogen and oxygen atoms in total. The van der Waals surface area contributed by atoms with Crippen molar-refractivity contribution in [2.24, 2.45) is 0 Å². The van der Waals surface area contributed by atoms with Crippen molar-refractivity contribution in [3.63, 3.8) is 0 Å². The summed E-state index contributed by atoms with van der Waals surface area (Å²) in [6, 6.07) is 17.4. The van der Waals surface area contributed by atoms with Gasteiger partial charge in [0, 0.05) is 12.5 Å². The number of esters is 1. The fraction of sp³-hybridized carbons (Fsp3) is 0.364. The summed E-state index contributed by atoms with van der Waals surface area (Å²) in [5.41, 5.74) is 2.11. The average molecular weight is 369 g/mol. The molecule has 0 aromatic heterocycles. The van der Waals surface area contributed by atoms with Crippen molar-refractivity contribution in [2.75, 3.05) is 13.2 Å². The fourth-order valence-corrected chi connectivity index (χ4v) is 2.73. The zero-order valence-corrected chi connectivity index (χ0v) is 16.1. The predicted octanol–water partition coefficient (Wildman–Crippen LogP) is 3.62. The Morgan fingerprint density at radius 3 is 2.37 bits per heavy atom. The van der Waals surface area contributed by atoms with Gasteiger partial charge in [0.05, 0.1) is 0 Å². The van der Waals surface area contributed by atoms with E-state index in [9.17, 15) is 9.59 Å².